The Kier molecular flexibility index (Phi) is 5.13. The quantitative estimate of drug-likeness (QED) is 0.459. The number of alkyl halides is 3. The maximum atomic E-state index is 12.6. The molecular formula is C14H9F3IN5OS. The lowest BCUT2D eigenvalue weighted by atomic mass is 10.3. The summed E-state index contributed by atoms with van der Waals surface area (Å²) in [5.74, 6) is -0.234. The van der Waals surface area contributed by atoms with Crippen LogP contribution in [0.25, 0.3) is 5.65 Å². The summed E-state index contributed by atoms with van der Waals surface area (Å²) in [6, 6.07) is 8.08. The van der Waals surface area contributed by atoms with E-state index in [1.807, 2.05) is 12.1 Å². The van der Waals surface area contributed by atoms with E-state index in [2.05, 4.69) is 43.0 Å². The van der Waals surface area contributed by atoms with Crippen LogP contribution in [0.5, 0.6) is 0 Å². The first-order valence-electron chi connectivity index (χ1n) is 6.79. The molecule has 0 radical (unpaired) electrons. The third kappa shape index (κ3) is 4.60. The van der Waals surface area contributed by atoms with E-state index in [0.29, 0.717) is 5.69 Å². The zero-order valence-electron chi connectivity index (χ0n) is 12.3. The van der Waals surface area contributed by atoms with Gasteiger partial charge in [-0.1, -0.05) is 11.8 Å². The van der Waals surface area contributed by atoms with Crippen molar-refractivity contribution in [3.8, 4) is 0 Å². The SMILES string of the molecule is O=C(CSc1nc2cc(C(F)(F)F)ncn2n1)Nc1ccc(I)cc1. The molecular weight excluding hydrogens is 470 g/mol. The number of fused-ring (bicyclic) bond motifs is 1. The topological polar surface area (TPSA) is 72.2 Å². The van der Waals surface area contributed by atoms with Crippen LogP contribution in [0, 0.1) is 3.57 Å². The summed E-state index contributed by atoms with van der Waals surface area (Å²) in [7, 11) is 0. The van der Waals surface area contributed by atoms with Gasteiger partial charge in [0.25, 0.3) is 0 Å². The monoisotopic (exact) mass is 479 g/mol. The Balaban J connectivity index is 1.64. The van der Waals surface area contributed by atoms with Crippen molar-refractivity contribution in [2.75, 3.05) is 11.1 Å². The maximum Gasteiger partial charge on any atom is 0.433 e. The molecule has 2 aromatic heterocycles. The summed E-state index contributed by atoms with van der Waals surface area (Å²) < 4.78 is 40.1. The van der Waals surface area contributed by atoms with Crippen molar-refractivity contribution in [3.63, 3.8) is 0 Å². The second kappa shape index (κ2) is 7.15. The molecule has 1 N–H and O–H groups in total. The number of hydrogen-bond donors (Lipinski definition) is 1. The van der Waals surface area contributed by atoms with Gasteiger partial charge in [-0.2, -0.15) is 13.2 Å². The molecule has 0 aliphatic carbocycles. The molecule has 0 unspecified atom stereocenters. The number of anilines is 1. The molecule has 0 aliphatic rings. The van der Waals surface area contributed by atoms with Crippen LogP contribution >= 0.6 is 34.4 Å². The van der Waals surface area contributed by atoms with E-state index in [9.17, 15) is 18.0 Å². The summed E-state index contributed by atoms with van der Waals surface area (Å²) in [6.45, 7) is 0. The lowest BCUT2D eigenvalue weighted by molar-refractivity contribution is -0.141. The van der Waals surface area contributed by atoms with Gasteiger partial charge in [-0.25, -0.2) is 14.5 Å². The van der Waals surface area contributed by atoms with Crippen LogP contribution in [-0.4, -0.2) is 31.2 Å². The molecule has 2 heterocycles. The first kappa shape index (κ1) is 17.9. The molecule has 25 heavy (non-hydrogen) atoms. The summed E-state index contributed by atoms with van der Waals surface area (Å²) in [5.41, 5.74) is -0.365. The van der Waals surface area contributed by atoms with Crippen LogP contribution in [0.4, 0.5) is 18.9 Å². The van der Waals surface area contributed by atoms with E-state index in [-0.39, 0.29) is 22.5 Å². The third-order valence-corrected chi connectivity index (χ3v) is 4.52. The van der Waals surface area contributed by atoms with Crippen molar-refractivity contribution in [2.45, 2.75) is 11.3 Å². The van der Waals surface area contributed by atoms with Crippen molar-refractivity contribution in [3.05, 3.63) is 45.9 Å². The number of nitrogens with zero attached hydrogens (tertiary/aromatic N) is 4. The average molecular weight is 479 g/mol. The average Bonchev–Trinajstić information content (AvgIpc) is 2.96. The summed E-state index contributed by atoms with van der Waals surface area (Å²) in [4.78, 5) is 19.2. The molecule has 0 bridgehead atoms. The number of carbonyl (C=O) groups is 1. The zero-order valence-corrected chi connectivity index (χ0v) is 15.3. The van der Waals surface area contributed by atoms with Crippen molar-refractivity contribution in [2.24, 2.45) is 0 Å². The van der Waals surface area contributed by atoms with Gasteiger partial charge in [-0.05, 0) is 46.9 Å². The van der Waals surface area contributed by atoms with Crippen LogP contribution in [0.2, 0.25) is 0 Å². The van der Waals surface area contributed by atoms with Crippen LogP contribution in [0.15, 0.2) is 41.8 Å². The maximum absolute atomic E-state index is 12.6. The minimum Gasteiger partial charge on any atom is -0.325 e. The number of nitrogens with one attached hydrogen (secondary N) is 1. The molecule has 6 nitrogen and oxygen atoms in total. The Morgan fingerprint density at radius 1 is 1.28 bits per heavy atom. The van der Waals surface area contributed by atoms with Gasteiger partial charge in [-0.3, -0.25) is 4.79 Å². The molecule has 0 saturated carbocycles. The standard InChI is InChI=1S/C14H9F3IN5OS/c15-14(16,17)10-5-11-21-13(22-23(11)7-19-10)25-6-12(24)20-9-3-1-8(18)2-4-9/h1-5,7H,6H2,(H,20,24). The second-order valence-corrected chi connectivity index (χ2v) is 7.00. The lowest BCUT2D eigenvalue weighted by Gasteiger charge is -2.03. The summed E-state index contributed by atoms with van der Waals surface area (Å²) in [6.07, 6.45) is -3.60. The van der Waals surface area contributed by atoms with Gasteiger partial charge in [-0.15, -0.1) is 5.10 Å². The predicted octanol–water partition coefficient (Wildman–Crippen LogP) is 3.48. The van der Waals surface area contributed by atoms with Gasteiger partial charge in [0.2, 0.25) is 11.1 Å². The van der Waals surface area contributed by atoms with Crippen LogP contribution in [-0.2, 0) is 11.0 Å². The van der Waals surface area contributed by atoms with Gasteiger partial charge < -0.3 is 5.32 Å². The normalized spacial score (nSPS) is 11.7. The van der Waals surface area contributed by atoms with Crippen LogP contribution in [0.1, 0.15) is 5.69 Å². The minimum absolute atomic E-state index is 0.0165. The highest BCUT2D eigenvalue weighted by molar-refractivity contribution is 14.1. The first-order valence-corrected chi connectivity index (χ1v) is 8.85. The molecule has 0 spiro atoms. The Labute approximate surface area is 157 Å². The van der Waals surface area contributed by atoms with Gasteiger partial charge in [0.05, 0.1) is 5.75 Å². The van der Waals surface area contributed by atoms with E-state index in [1.165, 1.54) is 0 Å². The smallest absolute Gasteiger partial charge is 0.325 e. The van der Waals surface area contributed by atoms with Gasteiger partial charge in [0.15, 0.2) is 5.65 Å². The molecule has 130 valence electrons. The minimum atomic E-state index is -4.55. The molecule has 1 aromatic carbocycles. The van der Waals surface area contributed by atoms with E-state index in [4.69, 9.17) is 0 Å². The fourth-order valence-corrected chi connectivity index (χ4v) is 2.85. The number of thioether (sulfide) groups is 1. The Hall–Kier alpha value is -1.89. The number of benzene rings is 1. The Morgan fingerprint density at radius 3 is 2.68 bits per heavy atom. The van der Waals surface area contributed by atoms with E-state index in [0.717, 1.165) is 32.2 Å². The number of carbonyl (C=O) groups excluding carboxylic acids is 1. The van der Waals surface area contributed by atoms with Crippen LogP contribution in [0.3, 0.4) is 0 Å². The molecule has 11 heteroatoms. The molecule has 0 saturated heterocycles. The Morgan fingerprint density at radius 2 is 2.00 bits per heavy atom. The molecule has 1 amide bonds. The highest BCUT2D eigenvalue weighted by Crippen LogP contribution is 2.28. The lowest BCUT2D eigenvalue weighted by Crippen LogP contribution is -2.14. The van der Waals surface area contributed by atoms with E-state index < -0.39 is 11.9 Å². The van der Waals surface area contributed by atoms with Gasteiger partial charge in [0, 0.05) is 15.3 Å². The third-order valence-electron chi connectivity index (χ3n) is 2.96. The molecule has 0 atom stereocenters. The van der Waals surface area contributed by atoms with Crippen molar-refractivity contribution >= 4 is 51.6 Å². The summed E-state index contributed by atoms with van der Waals surface area (Å²) >= 11 is 3.18. The Bertz CT molecular complexity index is 913. The fourth-order valence-electron chi connectivity index (χ4n) is 1.85. The van der Waals surface area contributed by atoms with Crippen LogP contribution < -0.4 is 5.32 Å². The fraction of sp³-hybridized carbons (Fsp3) is 0.143. The van der Waals surface area contributed by atoms with Crippen molar-refractivity contribution in [1.82, 2.24) is 19.6 Å². The highest BCUT2D eigenvalue weighted by atomic mass is 127. The second-order valence-electron chi connectivity index (χ2n) is 4.81. The van der Waals surface area contributed by atoms with E-state index >= 15 is 0 Å². The van der Waals surface area contributed by atoms with Crippen molar-refractivity contribution < 1.29 is 18.0 Å². The predicted molar refractivity (Wildman–Crippen MR) is 94.3 cm³/mol. The number of aromatic nitrogens is 4. The van der Waals surface area contributed by atoms with Crippen molar-refractivity contribution in [1.29, 1.82) is 0 Å². The van der Waals surface area contributed by atoms with Gasteiger partial charge in [0.1, 0.15) is 12.0 Å². The van der Waals surface area contributed by atoms with E-state index in [1.54, 1.807) is 12.1 Å². The molecule has 3 rings (SSSR count). The number of amides is 1. The summed E-state index contributed by atoms with van der Waals surface area (Å²) in [5, 5.41) is 6.89. The number of hydrogen-bond acceptors (Lipinski definition) is 5. The molecule has 0 fully saturated rings. The zero-order chi connectivity index (χ0) is 18.0. The number of rotatable bonds is 4. The number of halogens is 4. The van der Waals surface area contributed by atoms with Gasteiger partial charge >= 0.3 is 6.18 Å². The first-order chi connectivity index (χ1) is 11.8. The molecule has 3 aromatic rings. The largest absolute Gasteiger partial charge is 0.433 e. The molecule has 0 aliphatic heterocycles. The highest BCUT2D eigenvalue weighted by Gasteiger charge is 2.33.